The number of aromatic nitrogens is 1. The van der Waals surface area contributed by atoms with Crippen LogP contribution in [0.3, 0.4) is 0 Å². The van der Waals surface area contributed by atoms with Crippen molar-refractivity contribution in [1.29, 1.82) is 0 Å². The molecule has 0 amide bonds. The summed E-state index contributed by atoms with van der Waals surface area (Å²) in [6.07, 6.45) is 9.47. The topological polar surface area (TPSA) is 119 Å². The Morgan fingerprint density at radius 2 is 1.59 bits per heavy atom. The lowest BCUT2D eigenvalue weighted by molar-refractivity contribution is -0.727. The van der Waals surface area contributed by atoms with Gasteiger partial charge < -0.3 is 58.0 Å². The number of benzene rings is 2. The highest BCUT2D eigenvalue weighted by Gasteiger charge is 2.14. The van der Waals surface area contributed by atoms with Crippen LogP contribution in [0.4, 0.5) is 10.5 Å². The molecule has 0 fully saturated rings. The number of carbonyl (C=O) groups excluding carboxylic acids is 2. The van der Waals surface area contributed by atoms with E-state index in [1.165, 1.54) is 44.6 Å². The van der Waals surface area contributed by atoms with E-state index in [2.05, 4.69) is 0 Å². The van der Waals surface area contributed by atoms with Crippen molar-refractivity contribution in [1.82, 2.24) is 0 Å². The van der Waals surface area contributed by atoms with Gasteiger partial charge in [-0.2, -0.15) is 4.57 Å². The lowest BCUT2D eigenvalue weighted by Gasteiger charge is -2.11. The largest absolute Gasteiger partial charge is 1.00 e. The second kappa shape index (κ2) is 15.9. The third-order valence-corrected chi connectivity index (χ3v) is 5.45. The van der Waals surface area contributed by atoms with Crippen LogP contribution in [-0.4, -0.2) is 50.5 Å². The average Bonchev–Trinajstić information content (AvgIpc) is 2.95. The van der Waals surface area contributed by atoms with Gasteiger partial charge in [0.15, 0.2) is 41.2 Å². The van der Waals surface area contributed by atoms with Crippen molar-refractivity contribution in [2.24, 2.45) is 0 Å². The molecule has 0 unspecified atom stereocenters. The zero-order valence-electron chi connectivity index (χ0n) is 23.0. The van der Waals surface area contributed by atoms with E-state index in [4.69, 9.17) is 18.9 Å². The van der Waals surface area contributed by atoms with Gasteiger partial charge in [0, 0.05) is 26.2 Å². The molecule has 1 aromatic heterocycles. The Labute approximate surface area is 255 Å². The molecule has 0 saturated carbocycles. The van der Waals surface area contributed by atoms with Crippen molar-refractivity contribution in [3.05, 3.63) is 96.0 Å². The summed E-state index contributed by atoms with van der Waals surface area (Å²) in [5.74, 6) is -0.0107. The number of anilines is 1. The van der Waals surface area contributed by atoms with Gasteiger partial charge >= 0.3 is 6.16 Å². The molecule has 3 rings (SSSR count). The highest BCUT2D eigenvalue weighted by atomic mass is 127. The fourth-order valence-corrected chi connectivity index (χ4v) is 3.37. The number of ether oxygens (including phenoxy) is 4. The number of halogens is 1. The molecule has 0 saturated heterocycles. The fraction of sp³-hybridized carbons (Fsp3) is 0.167. The molecular weight excluding hydrogens is 643 g/mol. The molecule has 10 nitrogen and oxygen atoms in total. The van der Waals surface area contributed by atoms with E-state index in [1.807, 2.05) is 37.3 Å². The smallest absolute Gasteiger partial charge is 0.518 e. The number of aromatic hydroxyl groups is 1. The first-order valence-electron chi connectivity index (χ1n) is 12.1. The van der Waals surface area contributed by atoms with Crippen molar-refractivity contribution in [3.63, 3.8) is 0 Å². The quantitative estimate of drug-likeness (QED) is 0.0596. The minimum Gasteiger partial charge on any atom is -1.00 e. The summed E-state index contributed by atoms with van der Waals surface area (Å²) in [6, 6.07) is 13.2. The maximum Gasteiger partial charge on any atom is 0.518 e. The first-order valence-corrected chi connectivity index (χ1v) is 12.1. The Hall–Kier alpha value is -4.52. The van der Waals surface area contributed by atoms with Crippen LogP contribution < -0.4 is 47.7 Å². The fourth-order valence-electron chi connectivity index (χ4n) is 3.37. The molecule has 1 heterocycles. The highest BCUT2D eigenvalue weighted by molar-refractivity contribution is 6.02. The van der Waals surface area contributed by atoms with Gasteiger partial charge in [0.05, 0.1) is 14.2 Å². The van der Waals surface area contributed by atoms with Crippen LogP contribution in [0, 0.1) is 0 Å². The molecule has 0 spiro atoms. The number of pyridine rings is 1. The van der Waals surface area contributed by atoms with Crippen molar-refractivity contribution >= 4 is 29.8 Å². The summed E-state index contributed by atoms with van der Waals surface area (Å²) < 4.78 is 22.5. The Kier molecular flexibility index (Phi) is 12.7. The third-order valence-electron chi connectivity index (χ3n) is 5.45. The van der Waals surface area contributed by atoms with Gasteiger partial charge in [-0.05, 0) is 53.6 Å². The maximum absolute atomic E-state index is 12.2. The number of methoxy groups -OCH3 is 2. The summed E-state index contributed by atoms with van der Waals surface area (Å²) in [6.45, 7) is -0.0354. The molecule has 216 valence electrons. The molecule has 0 bridgehead atoms. The molecule has 41 heavy (non-hydrogen) atoms. The van der Waals surface area contributed by atoms with E-state index in [0.717, 1.165) is 11.8 Å². The number of nitrogens with zero attached hydrogens (tertiary/aromatic N) is 2. The standard InChI is InChI=1S/C30H30N2O8.HI/c1-31(2)23-6-5-15-32(19-23)20-39-30(36)40-27-14-10-22(17-29(27)38-4)8-12-25(34)18-24(33)11-7-21-9-13-26(35)28(16-21)37-3;/h5-19H,20H2,1-4H3,(H-,33,34,35);1H/b12-8+;. The van der Waals surface area contributed by atoms with Crippen LogP contribution in [0.2, 0.25) is 0 Å². The van der Waals surface area contributed by atoms with Crippen LogP contribution in [-0.2, 0) is 16.3 Å². The number of phenolic OH excluding ortho intramolecular Hbond substituents is 1. The van der Waals surface area contributed by atoms with E-state index in [1.54, 1.807) is 41.1 Å². The third kappa shape index (κ3) is 10.2. The van der Waals surface area contributed by atoms with Gasteiger partial charge in [-0.25, -0.2) is 4.79 Å². The number of rotatable bonds is 11. The van der Waals surface area contributed by atoms with Crippen LogP contribution in [0.25, 0.3) is 12.2 Å². The summed E-state index contributed by atoms with van der Waals surface area (Å²) >= 11 is 0. The number of phenols is 1. The van der Waals surface area contributed by atoms with Crippen molar-refractivity contribution in [3.8, 4) is 23.0 Å². The SMILES string of the molecule is COc1cc(/C=C/C(=O)/C=C(O)/C=C/c2ccc(OC(=O)OC[n+]3cccc(N(C)C)c3)c(OC)c2)ccc1O.[I-]. The Morgan fingerprint density at radius 1 is 0.927 bits per heavy atom. The van der Waals surface area contributed by atoms with E-state index in [0.29, 0.717) is 11.1 Å². The second-order valence-electron chi connectivity index (χ2n) is 8.58. The van der Waals surface area contributed by atoms with Crippen LogP contribution in [0.15, 0.2) is 84.9 Å². The maximum atomic E-state index is 12.2. The molecular formula is C30H31IN2O8. The Bertz CT molecular complexity index is 1450. The van der Waals surface area contributed by atoms with Crippen LogP contribution >= 0.6 is 0 Å². The van der Waals surface area contributed by atoms with Gasteiger partial charge in [0.2, 0.25) is 0 Å². The predicted molar refractivity (Wildman–Crippen MR) is 150 cm³/mol. The Balaban J connectivity index is 0.00000588. The molecule has 3 aromatic rings. The molecule has 0 atom stereocenters. The monoisotopic (exact) mass is 674 g/mol. The number of ketones is 1. The Morgan fingerprint density at radius 3 is 2.27 bits per heavy atom. The summed E-state index contributed by atoms with van der Waals surface area (Å²) in [7, 11) is 6.68. The van der Waals surface area contributed by atoms with Gasteiger partial charge in [0.1, 0.15) is 11.4 Å². The predicted octanol–water partition coefficient (Wildman–Crippen LogP) is 1.68. The molecule has 2 N–H and O–H groups in total. The summed E-state index contributed by atoms with van der Waals surface area (Å²) in [5, 5.41) is 19.8. The zero-order valence-corrected chi connectivity index (χ0v) is 25.1. The second-order valence-corrected chi connectivity index (χ2v) is 8.58. The molecule has 0 aliphatic heterocycles. The number of carbonyl (C=O) groups is 2. The van der Waals surface area contributed by atoms with Crippen molar-refractivity contribution in [2.75, 3.05) is 33.2 Å². The summed E-state index contributed by atoms with van der Waals surface area (Å²) in [5.41, 5.74) is 2.20. The number of allylic oxidation sites excluding steroid dienone is 3. The lowest BCUT2D eigenvalue weighted by atomic mass is 10.1. The minimum absolute atomic E-state index is 0. The zero-order chi connectivity index (χ0) is 29.1. The molecule has 0 aliphatic rings. The minimum atomic E-state index is -0.901. The van der Waals surface area contributed by atoms with Gasteiger partial charge in [0.25, 0.3) is 6.73 Å². The molecule has 0 radical (unpaired) electrons. The van der Waals surface area contributed by atoms with Crippen molar-refractivity contribution in [2.45, 2.75) is 6.73 Å². The van der Waals surface area contributed by atoms with Crippen LogP contribution in [0.1, 0.15) is 11.1 Å². The van der Waals surface area contributed by atoms with Crippen LogP contribution in [0.5, 0.6) is 23.0 Å². The normalized spacial score (nSPS) is 11.2. The lowest BCUT2D eigenvalue weighted by Crippen LogP contribution is -3.00. The van der Waals surface area contributed by atoms with E-state index < -0.39 is 11.9 Å². The first-order chi connectivity index (χ1) is 19.2. The number of hydrogen-bond acceptors (Lipinski definition) is 9. The summed E-state index contributed by atoms with van der Waals surface area (Å²) in [4.78, 5) is 26.3. The van der Waals surface area contributed by atoms with Crippen molar-refractivity contribution < 1.29 is 67.3 Å². The first kappa shape index (κ1) is 32.7. The number of aliphatic hydroxyl groups excluding tert-OH is 1. The highest BCUT2D eigenvalue weighted by Crippen LogP contribution is 2.29. The van der Waals surface area contributed by atoms with E-state index >= 15 is 0 Å². The number of hydrogen-bond donors (Lipinski definition) is 2. The van der Waals surface area contributed by atoms with E-state index in [-0.39, 0.29) is 59.5 Å². The molecule has 0 aliphatic carbocycles. The van der Waals surface area contributed by atoms with Gasteiger partial charge in [-0.15, -0.1) is 0 Å². The van der Waals surface area contributed by atoms with Gasteiger partial charge in [-0.3, -0.25) is 4.79 Å². The van der Waals surface area contributed by atoms with Gasteiger partial charge in [-0.1, -0.05) is 24.3 Å². The molecule has 2 aromatic carbocycles. The molecule has 11 heteroatoms. The number of aliphatic hydroxyl groups is 1. The van der Waals surface area contributed by atoms with E-state index in [9.17, 15) is 19.8 Å². The average molecular weight is 674 g/mol.